The van der Waals surface area contributed by atoms with Crippen molar-refractivity contribution in [2.24, 2.45) is 0 Å². The van der Waals surface area contributed by atoms with Crippen LogP contribution in [0.5, 0.6) is 5.75 Å². The van der Waals surface area contributed by atoms with Crippen LogP contribution in [0.3, 0.4) is 0 Å². The first-order valence-electron chi connectivity index (χ1n) is 4.01. The largest absolute Gasteiger partial charge is 0.507 e. The van der Waals surface area contributed by atoms with Gasteiger partial charge < -0.3 is 5.11 Å². The van der Waals surface area contributed by atoms with Crippen LogP contribution in [0.15, 0.2) is 21.9 Å². The highest BCUT2D eigenvalue weighted by Crippen LogP contribution is 2.29. The third-order valence-electron chi connectivity index (χ3n) is 1.87. The van der Waals surface area contributed by atoms with E-state index in [0.717, 1.165) is 0 Å². The molecule has 0 saturated carbocycles. The lowest BCUT2D eigenvalue weighted by molar-refractivity contribution is -0.130. The highest BCUT2D eigenvalue weighted by molar-refractivity contribution is 7.89. The Kier molecular flexibility index (Phi) is 3.73. The number of hydrogen-bond acceptors (Lipinski definition) is 8. The van der Waals surface area contributed by atoms with E-state index in [1.807, 2.05) is 0 Å². The summed E-state index contributed by atoms with van der Waals surface area (Å²) >= 11 is 0. The molecule has 9 nitrogen and oxygen atoms in total. The number of rotatable bonds is 4. The Bertz CT molecular complexity index is 686. The predicted octanol–water partition coefficient (Wildman–Crippen LogP) is -0.370. The average molecular weight is 298 g/mol. The SMILES string of the molecule is O=Cc1cc(S(=O)(=O)OO)c(S(=O)(=O)O)cc1O. The van der Waals surface area contributed by atoms with E-state index in [1.54, 1.807) is 0 Å². The lowest BCUT2D eigenvalue weighted by Crippen LogP contribution is -2.11. The van der Waals surface area contributed by atoms with E-state index in [0.29, 0.717) is 12.1 Å². The molecule has 0 radical (unpaired) electrons. The fourth-order valence-electron chi connectivity index (χ4n) is 1.10. The van der Waals surface area contributed by atoms with Crippen molar-refractivity contribution in [1.29, 1.82) is 0 Å². The standard InChI is InChI=1S/C7H6O9S2/c8-3-4-1-7(18(14,15)16-10)6(2-5(4)9)17(11,12)13/h1-3,9-10H,(H,11,12,13). The fourth-order valence-corrected chi connectivity index (χ4v) is 2.95. The Morgan fingerprint density at radius 2 is 1.67 bits per heavy atom. The molecular formula is C7H6O9S2. The second-order valence-electron chi connectivity index (χ2n) is 2.98. The minimum Gasteiger partial charge on any atom is -0.507 e. The van der Waals surface area contributed by atoms with Crippen molar-refractivity contribution >= 4 is 26.5 Å². The van der Waals surface area contributed by atoms with Crippen LogP contribution < -0.4 is 0 Å². The highest BCUT2D eigenvalue weighted by Gasteiger charge is 2.28. The lowest BCUT2D eigenvalue weighted by Gasteiger charge is -2.07. The maximum Gasteiger partial charge on any atom is 0.324 e. The fraction of sp³-hybridized carbons (Fsp3) is 0. The predicted molar refractivity (Wildman–Crippen MR) is 54.2 cm³/mol. The molecule has 0 atom stereocenters. The van der Waals surface area contributed by atoms with Gasteiger partial charge in [0.25, 0.3) is 10.1 Å². The van der Waals surface area contributed by atoms with Crippen molar-refractivity contribution < 1.29 is 40.9 Å². The normalized spacial score (nSPS) is 12.3. The average Bonchev–Trinajstić information content (AvgIpc) is 2.27. The smallest absolute Gasteiger partial charge is 0.324 e. The summed E-state index contributed by atoms with van der Waals surface area (Å²) in [6.45, 7) is 0. The Hall–Kier alpha value is -1.53. The zero-order valence-corrected chi connectivity index (χ0v) is 9.97. The third-order valence-corrected chi connectivity index (χ3v) is 3.96. The van der Waals surface area contributed by atoms with Gasteiger partial charge in [-0.25, -0.2) is 5.26 Å². The highest BCUT2D eigenvalue weighted by atomic mass is 32.2. The molecule has 0 spiro atoms. The van der Waals surface area contributed by atoms with Crippen molar-refractivity contribution in [1.82, 2.24) is 0 Å². The van der Waals surface area contributed by atoms with Crippen molar-refractivity contribution in [3.05, 3.63) is 17.7 Å². The first-order chi connectivity index (χ1) is 8.13. The molecule has 3 N–H and O–H groups in total. The van der Waals surface area contributed by atoms with Gasteiger partial charge in [-0.3, -0.25) is 9.35 Å². The van der Waals surface area contributed by atoms with Crippen molar-refractivity contribution in [2.75, 3.05) is 0 Å². The number of phenols is 1. The van der Waals surface area contributed by atoms with Gasteiger partial charge >= 0.3 is 10.1 Å². The molecule has 0 fully saturated rings. The number of carbonyl (C=O) groups excluding carboxylic acids is 1. The molecule has 1 rings (SSSR count). The second kappa shape index (κ2) is 4.62. The summed E-state index contributed by atoms with van der Waals surface area (Å²) in [4.78, 5) is 8.06. The molecular weight excluding hydrogens is 292 g/mol. The summed E-state index contributed by atoms with van der Waals surface area (Å²) < 4.78 is 56.1. The summed E-state index contributed by atoms with van der Waals surface area (Å²) in [5.41, 5.74) is -0.571. The quantitative estimate of drug-likeness (QED) is 0.292. The molecule has 0 heterocycles. The molecule has 0 unspecified atom stereocenters. The zero-order chi connectivity index (χ0) is 14.1. The van der Waals surface area contributed by atoms with Gasteiger partial charge in [-0.1, -0.05) is 0 Å². The van der Waals surface area contributed by atoms with E-state index >= 15 is 0 Å². The summed E-state index contributed by atoms with van der Waals surface area (Å²) in [6.07, 6.45) is 0.0412. The van der Waals surface area contributed by atoms with Crippen molar-refractivity contribution in [3.8, 4) is 5.75 Å². The molecule has 0 aliphatic rings. The number of benzene rings is 1. The van der Waals surface area contributed by atoms with Crippen LogP contribution in [0.25, 0.3) is 0 Å². The molecule has 0 aliphatic carbocycles. The molecule has 0 aromatic heterocycles. The lowest BCUT2D eigenvalue weighted by atomic mass is 10.2. The van der Waals surface area contributed by atoms with Crippen LogP contribution in [-0.2, 0) is 24.6 Å². The molecule has 0 amide bonds. The van der Waals surface area contributed by atoms with Gasteiger partial charge in [0, 0.05) is 6.07 Å². The van der Waals surface area contributed by atoms with E-state index in [4.69, 9.17) is 9.81 Å². The first kappa shape index (κ1) is 14.5. The van der Waals surface area contributed by atoms with Crippen molar-refractivity contribution in [3.63, 3.8) is 0 Å². The third kappa shape index (κ3) is 2.65. The number of aromatic hydroxyl groups is 1. The number of carbonyl (C=O) groups is 1. The number of phenolic OH excluding ortho intramolecular Hbond substituents is 1. The van der Waals surface area contributed by atoms with Crippen LogP contribution in [0.2, 0.25) is 0 Å². The molecule has 1 aromatic rings. The van der Waals surface area contributed by atoms with Gasteiger partial charge in [0.1, 0.15) is 15.5 Å². The van der Waals surface area contributed by atoms with Gasteiger partial charge in [-0.2, -0.15) is 16.8 Å². The molecule has 0 aliphatic heterocycles. The summed E-state index contributed by atoms with van der Waals surface area (Å²) in [5, 5.41) is 17.4. The molecule has 0 bridgehead atoms. The Morgan fingerprint density at radius 1 is 1.11 bits per heavy atom. The minimum atomic E-state index is -5.02. The van der Waals surface area contributed by atoms with E-state index in [2.05, 4.69) is 4.33 Å². The van der Waals surface area contributed by atoms with Crippen molar-refractivity contribution in [2.45, 2.75) is 9.79 Å². The summed E-state index contributed by atoms with van der Waals surface area (Å²) in [5.74, 6) is -0.866. The minimum absolute atomic E-state index is 0.0412. The molecule has 1 aromatic carbocycles. The maximum absolute atomic E-state index is 11.2. The van der Waals surface area contributed by atoms with Crippen LogP contribution in [0.4, 0.5) is 0 Å². The topological polar surface area (TPSA) is 155 Å². The van der Waals surface area contributed by atoms with Crippen LogP contribution in [0, 0.1) is 0 Å². The second-order valence-corrected chi connectivity index (χ2v) is 5.87. The van der Waals surface area contributed by atoms with Gasteiger partial charge in [-0.15, -0.1) is 4.33 Å². The van der Waals surface area contributed by atoms with Crippen LogP contribution in [0.1, 0.15) is 10.4 Å². The monoisotopic (exact) mass is 298 g/mol. The van der Waals surface area contributed by atoms with Gasteiger partial charge in [-0.05, 0) is 6.07 Å². The van der Waals surface area contributed by atoms with Crippen LogP contribution in [-0.4, -0.2) is 38.0 Å². The zero-order valence-electron chi connectivity index (χ0n) is 8.34. The molecule has 100 valence electrons. The van der Waals surface area contributed by atoms with E-state index in [-0.39, 0.29) is 6.29 Å². The molecule has 11 heteroatoms. The Labute approximate surface area is 101 Å². The van der Waals surface area contributed by atoms with E-state index < -0.39 is 41.3 Å². The number of aldehydes is 1. The summed E-state index contributed by atoms with van der Waals surface area (Å²) in [6, 6.07) is 0.766. The first-order valence-corrected chi connectivity index (χ1v) is 6.86. The Balaban J connectivity index is 3.83. The Morgan fingerprint density at radius 3 is 2.06 bits per heavy atom. The maximum atomic E-state index is 11.2. The number of hydrogen-bond donors (Lipinski definition) is 3. The van der Waals surface area contributed by atoms with Gasteiger partial charge in [0.05, 0.1) is 5.56 Å². The molecule has 18 heavy (non-hydrogen) atoms. The van der Waals surface area contributed by atoms with Gasteiger partial charge in [0.15, 0.2) is 6.29 Å². The van der Waals surface area contributed by atoms with E-state index in [9.17, 15) is 26.7 Å². The summed E-state index contributed by atoms with van der Waals surface area (Å²) in [7, 11) is -9.94. The van der Waals surface area contributed by atoms with E-state index in [1.165, 1.54) is 0 Å². The van der Waals surface area contributed by atoms with Crippen LogP contribution >= 0.6 is 0 Å². The van der Waals surface area contributed by atoms with Gasteiger partial charge in [0.2, 0.25) is 0 Å². The molecule has 0 saturated heterocycles.